The highest BCUT2D eigenvalue weighted by Crippen LogP contribution is 2.35. The first-order valence-electron chi connectivity index (χ1n) is 4.77. The van der Waals surface area contributed by atoms with Gasteiger partial charge in [-0.15, -0.1) is 11.3 Å². The van der Waals surface area contributed by atoms with Crippen molar-refractivity contribution in [1.82, 2.24) is 9.78 Å². The predicted molar refractivity (Wildman–Crippen MR) is 69.6 cm³/mol. The molecule has 3 nitrogen and oxygen atoms in total. The minimum Gasteiger partial charge on any atom is -0.364 e. The van der Waals surface area contributed by atoms with Crippen LogP contribution < -0.4 is 5.32 Å². The van der Waals surface area contributed by atoms with Crippen molar-refractivity contribution in [2.45, 2.75) is 13.0 Å². The fraction of sp³-hybridized carbons (Fsp3) is 0.300. The maximum absolute atomic E-state index is 6.09. The molecule has 0 aromatic carbocycles. The second kappa shape index (κ2) is 4.65. The number of thiophene rings is 1. The Bertz CT molecular complexity index is 492. The van der Waals surface area contributed by atoms with Crippen molar-refractivity contribution < 1.29 is 0 Å². The first-order valence-corrected chi connectivity index (χ1v) is 6.34. The zero-order valence-corrected chi connectivity index (χ0v) is 11.2. The first kappa shape index (κ1) is 11.8. The zero-order chi connectivity index (χ0) is 11.7. The van der Waals surface area contributed by atoms with Crippen LogP contribution in [0, 0.1) is 0 Å². The molecule has 86 valence electrons. The molecule has 16 heavy (non-hydrogen) atoms. The van der Waals surface area contributed by atoms with Crippen molar-refractivity contribution in [1.29, 1.82) is 0 Å². The molecule has 0 aliphatic heterocycles. The number of nitrogens with one attached hydrogen (secondary N) is 1. The summed E-state index contributed by atoms with van der Waals surface area (Å²) >= 11 is 13.4. The lowest BCUT2D eigenvalue weighted by Crippen LogP contribution is -2.09. The van der Waals surface area contributed by atoms with E-state index in [1.807, 2.05) is 26.1 Å². The third-order valence-electron chi connectivity index (χ3n) is 2.33. The summed E-state index contributed by atoms with van der Waals surface area (Å²) in [5.74, 6) is 0.950. The van der Waals surface area contributed by atoms with E-state index in [1.54, 1.807) is 10.9 Å². The summed E-state index contributed by atoms with van der Waals surface area (Å²) in [7, 11) is 1.89. The molecule has 0 amide bonds. The van der Waals surface area contributed by atoms with Crippen LogP contribution in [0.1, 0.15) is 18.5 Å². The maximum atomic E-state index is 6.09. The topological polar surface area (TPSA) is 29.9 Å². The standard InChI is InChI=1S/C10H11Cl2N3S/c1-6(7-5-8(11)16-10(7)12)14-9-3-4-13-15(9)2/h3-6,14H,1-2H3. The summed E-state index contributed by atoms with van der Waals surface area (Å²) in [4.78, 5) is 0. The van der Waals surface area contributed by atoms with Gasteiger partial charge in [0.15, 0.2) is 0 Å². The molecule has 0 fully saturated rings. The molecular weight excluding hydrogens is 265 g/mol. The quantitative estimate of drug-likeness (QED) is 0.919. The average Bonchev–Trinajstić information content (AvgIpc) is 2.74. The number of rotatable bonds is 3. The Balaban J connectivity index is 2.17. The van der Waals surface area contributed by atoms with Crippen LogP contribution in [0.25, 0.3) is 0 Å². The number of nitrogens with zero attached hydrogens (tertiary/aromatic N) is 2. The highest BCUT2D eigenvalue weighted by Gasteiger charge is 2.14. The van der Waals surface area contributed by atoms with Gasteiger partial charge in [-0.3, -0.25) is 4.68 Å². The molecule has 2 aromatic rings. The normalized spacial score (nSPS) is 12.8. The number of hydrogen-bond donors (Lipinski definition) is 1. The molecule has 1 unspecified atom stereocenters. The van der Waals surface area contributed by atoms with Crippen LogP contribution in [0.2, 0.25) is 8.67 Å². The van der Waals surface area contributed by atoms with Crippen LogP contribution in [-0.4, -0.2) is 9.78 Å². The van der Waals surface area contributed by atoms with Crippen molar-refractivity contribution in [3.8, 4) is 0 Å². The monoisotopic (exact) mass is 275 g/mol. The number of aromatic nitrogens is 2. The van der Waals surface area contributed by atoms with Gasteiger partial charge < -0.3 is 5.32 Å². The van der Waals surface area contributed by atoms with Crippen molar-refractivity contribution in [3.63, 3.8) is 0 Å². The largest absolute Gasteiger partial charge is 0.364 e. The number of hydrogen-bond acceptors (Lipinski definition) is 3. The Morgan fingerprint density at radius 2 is 2.25 bits per heavy atom. The second-order valence-corrected chi connectivity index (χ2v) is 5.77. The van der Waals surface area contributed by atoms with Crippen molar-refractivity contribution in [3.05, 3.63) is 32.6 Å². The van der Waals surface area contributed by atoms with Gasteiger partial charge in [0, 0.05) is 18.7 Å². The molecule has 0 saturated heterocycles. The molecule has 2 rings (SSSR count). The summed E-state index contributed by atoms with van der Waals surface area (Å²) < 4.78 is 3.21. The highest BCUT2D eigenvalue weighted by molar-refractivity contribution is 7.20. The van der Waals surface area contributed by atoms with Crippen LogP contribution in [0.3, 0.4) is 0 Å². The van der Waals surface area contributed by atoms with Gasteiger partial charge in [-0.05, 0) is 13.0 Å². The molecular formula is C10H11Cl2N3S. The van der Waals surface area contributed by atoms with Gasteiger partial charge in [0.05, 0.1) is 20.9 Å². The van der Waals surface area contributed by atoms with Crippen LogP contribution in [0.4, 0.5) is 5.82 Å². The molecule has 0 radical (unpaired) electrons. The minimum absolute atomic E-state index is 0.103. The van der Waals surface area contributed by atoms with Gasteiger partial charge in [-0.25, -0.2) is 0 Å². The predicted octanol–water partition coefficient (Wildman–Crippen LogP) is 3.96. The Morgan fingerprint density at radius 3 is 2.75 bits per heavy atom. The van der Waals surface area contributed by atoms with Gasteiger partial charge in [-0.2, -0.15) is 5.10 Å². The van der Waals surface area contributed by atoms with Crippen LogP contribution >= 0.6 is 34.5 Å². The summed E-state index contributed by atoms with van der Waals surface area (Å²) in [6, 6.07) is 3.91. The van der Waals surface area contributed by atoms with Gasteiger partial charge in [0.2, 0.25) is 0 Å². The van der Waals surface area contributed by atoms with E-state index in [1.165, 1.54) is 11.3 Å². The average molecular weight is 276 g/mol. The number of halogens is 2. The van der Waals surface area contributed by atoms with Gasteiger partial charge in [-0.1, -0.05) is 23.2 Å². The fourth-order valence-corrected chi connectivity index (χ4v) is 3.11. The molecule has 1 N–H and O–H groups in total. The third-order valence-corrected chi connectivity index (χ3v) is 3.85. The lowest BCUT2D eigenvalue weighted by molar-refractivity contribution is 0.751. The highest BCUT2D eigenvalue weighted by atomic mass is 35.5. The van der Waals surface area contributed by atoms with E-state index < -0.39 is 0 Å². The number of aryl methyl sites for hydroxylation is 1. The molecule has 0 bridgehead atoms. The van der Waals surface area contributed by atoms with E-state index in [-0.39, 0.29) is 6.04 Å². The molecule has 0 saturated carbocycles. The second-order valence-electron chi connectivity index (χ2n) is 3.49. The van der Waals surface area contributed by atoms with Crippen LogP contribution in [-0.2, 0) is 7.05 Å². The molecule has 6 heteroatoms. The lowest BCUT2D eigenvalue weighted by atomic mass is 10.2. The molecule has 0 aliphatic carbocycles. The van der Waals surface area contributed by atoms with Gasteiger partial charge >= 0.3 is 0 Å². The zero-order valence-electron chi connectivity index (χ0n) is 8.87. The van der Waals surface area contributed by atoms with Gasteiger partial charge in [0.1, 0.15) is 5.82 Å². The minimum atomic E-state index is 0.103. The fourth-order valence-electron chi connectivity index (χ4n) is 1.46. The summed E-state index contributed by atoms with van der Waals surface area (Å²) in [5, 5.41) is 7.41. The van der Waals surface area contributed by atoms with Crippen molar-refractivity contribution in [2.75, 3.05) is 5.32 Å². The lowest BCUT2D eigenvalue weighted by Gasteiger charge is -2.14. The van der Waals surface area contributed by atoms with Crippen molar-refractivity contribution in [2.24, 2.45) is 7.05 Å². The molecule has 2 heterocycles. The molecule has 0 aliphatic rings. The van der Waals surface area contributed by atoms with Crippen LogP contribution in [0.5, 0.6) is 0 Å². The SMILES string of the molecule is CC(Nc1ccnn1C)c1cc(Cl)sc1Cl. The van der Waals surface area contributed by atoms with E-state index in [2.05, 4.69) is 10.4 Å². The Labute approximate surface area is 108 Å². The Kier molecular flexibility index (Phi) is 3.42. The molecule has 2 aromatic heterocycles. The van der Waals surface area contributed by atoms with E-state index in [0.717, 1.165) is 15.7 Å². The van der Waals surface area contributed by atoms with E-state index >= 15 is 0 Å². The van der Waals surface area contributed by atoms with E-state index in [4.69, 9.17) is 23.2 Å². The Hall–Kier alpha value is -0.710. The first-order chi connectivity index (χ1) is 7.58. The Morgan fingerprint density at radius 1 is 1.50 bits per heavy atom. The molecule has 0 spiro atoms. The smallest absolute Gasteiger partial charge is 0.124 e. The van der Waals surface area contributed by atoms with Crippen molar-refractivity contribution >= 4 is 40.4 Å². The van der Waals surface area contributed by atoms with Gasteiger partial charge in [0.25, 0.3) is 0 Å². The maximum Gasteiger partial charge on any atom is 0.124 e. The van der Waals surface area contributed by atoms with Crippen LogP contribution in [0.15, 0.2) is 18.3 Å². The summed E-state index contributed by atoms with van der Waals surface area (Å²) in [5.41, 5.74) is 1.01. The molecule has 1 atom stereocenters. The van der Waals surface area contributed by atoms with E-state index in [0.29, 0.717) is 4.34 Å². The third kappa shape index (κ3) is 2.34. The summed E-state index contributed by atoms with van der Waals surface area (Å²) in [6.07, 6.45) is 1.75. The summed E-state index contributed by atoms with van der Waals surface area (Å²) in [6.45, 7) is 2.04. The number of anilines is 1. The van der Waals surface area contributed by atoms with E-state index in [9.17, 15) is 0 Å².